The van der Waals surface area contributed by atoms with Crippen LogP contribution in [0.2, 0.25) is 0 Å². The number of thiazole rings is 1. The molecular formula is C11H18ClN3O2S. The van der Waals surface area contributed by atoms with Gasteiger partial charge in [-0.05, 0) is 5.92 Å². The number of hydrogen-bond donors (Lipinski definition) is 2. The normalized spacial score (nSPS) is 15.8. The molecular weight excluding hydrogens is 274 g/mol. The molecule has 5 nitrogen and oxygen atoms in total. The van der Waals surface area contributed by atoms with Crippen molar-refractivity contribution in [3.63, 3.8) is 0 Å². The summed E-state index contributed by atoms with van der Waals surface area (Å²) in [6, 6.07) is -0.493. The number of ether oxygens (including phenoxy) is 1. The maximum Gasteiger partial charge on any atom is 0.243 e. The number of aromatic nitrogens is 1. The van der Waals surface area contributed by atoms with Crippen molar-refractivity contribution in [2.75, 3.05) is 11.9 Å². The van der Waals surface area contributed by atoms with Crippen LogP contribution in [0.4, 0.5) is 5.13 Å². The van der Waals surface area contributed by atoms with Crippen LogP contribution in [-0.4, -0.2) is 23.5 Å². The van der Waals surface area contributed by atoms with E-state index < -0.39 is 6.04 Å². The second-order valence-electron chi connectivity index (χ2n) is 4.45. The number of anilines is 1. The maximum atomic E-state index is 11.8. The van der Waals surface area contributed by atoms with Crippen LogP contribution in [0.1, 0.15) is 24.4 Å². The van der Waals surface area contributed by atoms with Gasteiger partial charge in [0.05, 0.1) is 29.8 Å². The lowest BCUT2D eigenvalue weighted by molar-refractivity contribution is -0.118. The summed E-state index contributed by atoms with van der Waals surface area (Å²) in [4.78, 5) is 17.3. The van der Waals surface area contributed by atoms with Gasteiger partial charge in [0, 0.05) is 6.42 Å². The minimum Gasteiger partial charge on any atom is -0.375 e. The van der Waals surface area contributed by atoms with Gasteiger partial charge in [0.25, 0.3) is 0 Å². The average molecular weight is 292 g/mol. The number of fused-ring (bicyclic) bond motifs is 1. The predicted octanol–water partition coefficient (Wildman–Crippen LogP) is 1.56. The van der Waals surface area contributed by atoms with Crippen molar-refractivity contribution in [2.45, 2.75) is 32.9 Å². The van der Waals surface area contributed by atoms with Crippen LogP contribution in [0.5, 0.6) is 0 Å². The van der Waals surface area contributed by atoms with Crippen molar-refractivity contribution in [2.24, 2.45) is 11.7 Å². The summed E-state index contributed by atoms with van der Waals surface area (Å²) in [5.74, 6) is -0.0556. The third kappa shape index (κ3) is 3.41. The molecule has 0 saturated heterocycles. The first kappa shape index (κ1) is 15.4. The number of halogens is 1. The van der Waals surface area contributed by atoms with Crippen molar-refractivity contribution in [1.29, 1.82) is 0 Å². The van der Waals surface area contributed by atoms with Crippen LogP contribution in [0.15, 0.2) is 0 Å². The molecule has 1 aliphatic heterocycles. The lowest BCUT2D eigenvalue weighted by Crippen LogP contribution is -2.39. The fraction of sp³-hybridized carbons (Fsp3) is 0.636. The quantitative estimate of drug-likeness (QED) is 0.886. The molecule has 0 unspecified atom stereocenters. The smallest absolute Gasteiger partial charge is 0.243 e. The van der Waals surface area contributed by atoms with Gasteiger partial charge in [0.1, 0.15) is 0 Å². The molecule has 2 rings (SSSR count). The Bertz CT molecular complexity index is 399. The van der Waals surface area contributed by atoms with E-state index in [0.717, 1.165) is 17.0 Å². The topological polar surface area (TPSA) is 77.2 Å². The molecule has 0 bridgehead atoms. The molecule has 1 aromatic heterocycles. The first-order valence-corrected chi connectivity index (χ1v) is 6.52. The second-order valence-corrected chi connectivity index (χ2v) is 5.53. The van der Waals surface area contributed by atoms with Crippen LogP contribution in [0.25, 0.3) is 0 Å². The molecule has 7 heteroatoms. The molecule has 1 amide bonds. The van der Waals surface area contributed by atoms with Crippen molar-refractivity contribution in [3.8, 4) is 0 Å². The van der Waals surface area contributed by atoms with Gasteiger partial charge in [-0.1, -0.05) is 25.2 Å². The van der Waals surface area contributed by atoms with Crippen LogP contribution in [-0.2, 0) is 22.6 Å². The van der Waals surface area contributed by atoms with Gasteiger partial charge >= 0.3 is 0 Å². The third-order valence-electron chi connectivity index (χ3n) is 2.75. The highest BCUT2D eigenvalue weighted by atomic mass is 35.5. The first-order chi connectivity index (χ1) is 8.08. The Morgan fingerprint density at radius 3 is 2.89 bits per heavy atom. The second kappa shape index (κ2) is 6.47. The number of hydrogen-bond acceptors (Lipinski definition) is 5. The van der Waals surface area contributed by atoms with Crippen molar-refractivity contribution in [1.82, 2.24) is 4.98 Å². The summed E-state index contributed by atoms with van der Waals surface area (Å²) in [6.45, 7) is 5.14. The van der Waals surface area contributed by atoms with E-state index in [-0.39, 0.29) is 24.2 Å². The Morgan fingerprint density at radius 1 is 1.56 bits per heavy atom. The molecule has 1 atom stereocenters. The summed E-state index contributed by atoms with van der Waals surface area (Å²) < 4.78 is 5.33. The first-order valence-electron chi connectivity index (χ1n) is 5.70. The number of rotatable bonds is 3. The summed E-state index contributed by atoms with van der Waals surface area (Å²) in [7, 11) is 0. The number of nitrogens with zero attached hydrogens (tertiary/aromatic N) is 1. The largest absolute Gasteiger partial charge is 0.375 e. The standard InChI is InChI=1S/C11H17N3O2S.ClH/c1-6(2)9(12)10(15)14-11-13-7-3-4-16-5-8(7)17-11;/h6,9H,3-5,12H2,1-2H3,(H,13,14,15);1H/t9-;/m0./s1. The number of carbonyl (C=O) groups is 1. The lowest BCUT2D eigenvalue weighted by atomic mass is 10.1. The van der Waals surface area contributed by atoms with E-state index in [4.69, 9.17) is 10.5 Å². The SMILES string of the molecule is CC(C)[C@H](N)C(=O)Nc1nc2c(s1)COCC2.Cl. The third-order valence-corrected chi connectivity index (χ3v) is 3.73. The monoisotopic (exact) mass is 291 g/mol. The van der Waals surface area contributed by atoms with Crippen LogP contribution in [0, 0.1) is 5.92 Å². The van der Waals surface area contributed by atoms with E-state index in [0.29, 0.717) is 18.3 Å². The zero-order valence-corrected chi connectivity index (χ0v) is 12.1. The molecule has 0 spiro atoms. The Balaban J connectivity index is 0.00000162. The van der Waals surface area contributed by atoms with Gasteiger partial charge in [0.15, 0.2) is 5.13 Å². The van der Waals surface area contributed by atoms with E-state index >= 15 is 0 Å². The van der Waals surface area contributed by atoms with Crippen LogP contribution in [0.3, 0.4) is 0 Å². The Labute approximate surface area is 117 Å². The summed E-state index contributed by atoms with van der Waals surface area (Å²) in [5.41, 5.74) is 6.81. The number of amides is 1. The van der Waals surface area contributed by atoms with Gasteiger partial charge in [-0.25, -0.2) is 4.98 Å². The fourth-order valence-electron chi connectivity index (χ4n) is 1.57. The summed E-state index contributed by atoms with van der Waals surface area (Å²) in [6.07, 6.45) is 0.817. The molecule has 1 aliphatic rings. The summed E-state index contributed by atoms with van der Waals surface area (Å²) >= 11 is 1.47. The Morgan fingerprint density at radius 2 is 2.28 bits per heavy atom. The molecule has 0 saturated carbocycles. The van der Waals surface area contributed by atoms with E-state index in [9.17, 15) is 4.79 Å². The molecule has 1 aromatic rings. The Kier molecular flexibility index (Phi) is 5.52. The zero-order chi connectivity index (χ0) is 12.4. The number of nitrogens with two attached hydrogens (primary N) is 1. The fourth-order valence-corrected chi connectivity index (χ4v) is 2.52. The van der Waals surface area contributed by atoms with Crippen molar-refractivity contribution >= 4 is 34.8 Å². The van der Waals surface area contributed by atoms with Gasteiger partial charge < -0.3 is 15.8 Å². The molecule has 0 aliphatic carbocycles. The molecule has 2 heterocycles. The van der Waals surface area contributed by atoms with Crippen molar-refractivity contribution < 1.29 is 9.53 Å². The molecule has 102 valence electrons. The van der Waals surface area contributed by atoms with Crippen LogP contribution >= 0.6 is 23.7 Å². The van der Waals surface area contributed by atoms with Gasteiger partial charge in [-0.2, -0.15) is 0 Å². The average Bonchev–Trinajstić information content (AvgIpc) is 2.69. The van der Waals surface area contributed by atoms with E-state index in [2.05, 4.69) is 10.3 Å². The number of nitrogens with one attached hydrogen (secondary N) is 1. The highest BCUT2D eigenvalue weighted by molar-refractivity contribution is 7.15. The Hall–Kier alpha value is -0.690. The molecule has 18 heavy (non-hydrogen) atoms. The molecule has 0 aromatic carbocycles. The minimum absolute atomic E-state index is 0. The van der Waals surface area contributed by atoms with Crippen molar-refractivity contribution in [3.05, 3.63) is 10.6 Å². The maximum absolute atomic E-state index is 11.8. The lowest BCUT2D eigenvalue weighted by Gasteiger charge is -2.13. The highest BCUT2D eigenvalue weighted by Crippen LogP contribution is 2.27. The molecule has 0 fully saturated rings. The van der Waals surface area contributed by atoms with Crippen LogP contribution < -0.4 is 11.1 Å². The predicted molar refractivity (Wildman–Crippen MR) is 74.2 cm³/mol. The minimum atomic E-state index is -0.493. The molecule has 0 radical (unpaired) electrons. The zero-order valence-electron chi connectivity index (χ0n) is 10.4. The van der Waals surface area contributed by atoms with Gasteiger partial charge in [-0.3, -0.25) is 4.79 Å². The highest BCUT2D eigenvalue weighted by Gasteiger charge is 2.20. The number of carbonyl (C=O) groups excluding carboxylic acids is 1. The van der Waals surface area contributed by atoms with E-state index in [1.165, 1.54) is 11.3 Å². The van der Waals surface area contributed by atoms with Gasteiger partial charge in [-0.15, -0.1) is 12.4 Å². The van der Waals surface area contributed by atoms with E-state index in [1.807, 2.05) is 13.8 Å². The van der Waals surface area contributed by atoms with Gasteiger partial charge in [0.2, 0.25) is 5.91 Å². The summed E-state index contributed by atoms with van der Waals surface area (Å²) in [5, 5.41) is 3.39. The molecule has 3 N–H and O–H groups in total. The van der Waals surface area contributed by atoms with E-state index in [1.54, 1.807) is 0 Å².